The van der Waals surface area contributed by atoms with Crippen molar-refractivity contribution in [3.63, 3.8) is 0 Å². The van der Waals surface area contributed by atoms with Crippen molar-refractivity contribution in [1.82, 2.24) is 20.0 Å². The minimum atomic E-state index is -4.41. The smallest absolute Gasteiger partial charge is 0.416 e. The number of aromatic nitrogens is 2. The lowest BCUT2D eigenvalue weighted by Crippen LogP contribution is -2.43. The normalized spacial score (nSPS) is 21.2. The van der Waals surface area contributed by atoms with Crippen LogP contribution in [0, 0.1) is 5.92 Å². The summed E-state index contributed by atoms with van der Waals surface area (Å²) in [5, 5.41) is 7.31. The van der Waals surface area contributed by atoms with E-state index in [2.05, 4.69) is 15.3 Å². The number of ether oxygens (including phenoxy) is 1. The summed E-state index contributed by atoms with van der Waals surface area (Å²) < 4.78 is 46.4. The Morgan fingerprint density at radius 2 is 2.06 bits per heavy atom. The van der Waals surface area contributed by atoms with E-state index in [0.717, 1.165) is 49.9 Å². The van der Waals surface area contributed by atoms with Crippen LogP contribution in [0.1, 0.15) is 46.6 Å². The average Bonchev–Trinajstić information content (AvgIpc) is 3.47. The Kier molecular flexibility index (Phi) is 5.16. The van der Waals surface area contributed by atoms with E-state index in [-0.39, 0.29) is 18.9 Å². The van der Waals surface area contributed by atoms with Gasteiger partial charge in [0.05, 0.1) is 23.8 Å². The summed E-state index contributed by atoms with van der Waals surface area (Å²) >= 11 is 0. The van der Waals surface area contributed by atoms with E-state index in [1.165, 1.54) is 25.3 Å². The van der Waals surface area contributed by atoms with Crippen molar-refractivity contribution in [2.75, 3.05) is 19.7 Å². The molecule has 0 bridgehead atoms. The summed E-state index contributed by atoms with van der Waals surface area (Å²) in [5.41, 5.74) is 1.10. The Morgan fingerprint density at radius 1 is 1.23 bits per heavy atom. The maximum atomic E-state index is 13.0. The first-order valence-corrected chi connectivity index (χ1v) is 10.8. The van der Waals surface area contributed by atoms with E-state index in [1.54, 1.807) is 0 Å². The van der Waals surface area contributed by atoms with E-state index in [4.69, 9.17) is 4.74 Å². The quantitative estimate of drug-likeness (QED) is 0.785. The Balaban J connectivity index is 1.21. The number of alkyl halides is 3. The van der Waals surface area contributed by atoms with Crippen LogP contribution >= 0.6 is 0 Å². The molecule has 3 heterocycles. The number of rotatable bonds is 5. The van der Waals surface area contributed by atoms with Crippen molar-refractivity contribution in [1.29, 1.82) is 0 Å². The molecule has 5 rings (SSSR count). The average molecular weight is 434 g/mol. The van der Waals surface area contributed by atoms with E-state index in [1.807, 2.05) is 10.7 Å². The molecule has 1 atom stereocenters. The molecule has 1 aliphatic carbocycles. The number of carbonyl (C=O) groups excluding carboxylic acids is 1. The highest BCUT2D eigenvalue weighted by Gasteiger charge is 2.33. The van der Waals surface area contributed by atoms with Gasteiger partial charge in [-0.25, -0.2) is 0 Å². The number of nitrogens with one attached hydrogen (secondary N) is 1. The highest BCUT2D eigenvalue weighted by molar-refractivity contribution is 5.92. The summed E-state index contributed by atoms with van der Waals surface area (Å²) in [4.78, 5) is 15.1. The number of benzene rings is 1. The second-order valence-electron chi connectivity index (χ2n) is 8.76. The number of amides is 1. The third-order valence-electron chi connectivity index (χ3n) is 6.29. The first kappa shape index (κ1) is 20.4. The molecule has 0 unspecified atom stereocenters. The first-order chi connectivity index (χ1) is 14.8. The Labute approximate surface area is 178 Å². The Bertz CT molecular complexity index is 984. The van der Waals surface area contributed by atoms with Gasteiger partial charge < -0.3 is 10.1 Å². The van der Waals surface area contributed by atoms with Gasteiger partial charge in [0.25, 0.3) is 5.91 Å². The fraction of sp³-hybridized carbons (Fsp3) is 0.545. The van der Waals surface area contributed by atoms with E-state index < -0.39 is 17.8 Å². The molecule has 2 aromatic rings. The molecule has 1 fully saturated rings. The molecule has 1 aromatic carbocycles. The summed E-state index contributed by atoms with van der Waals surface area (Å²) in [6.07, 6.45) is -0.187. The lowest BCUT2D eigenvalue weighted by atomic mass is 10.00. The topological polar surface area (TPSA) is 59.4 Å². The zero-order valence-corrected chi connectivity index (χ0v) is 17.1. The molecule has 2 aliphatic heterocycles. The molecule has 0 radical (unpaired) electrons. The van der Waals surface area contributed by atoms with E-state index >= 15 is 0 Å². The number of hydrogen-bond acceptors (Lipinski definition) is 4. The van der Waals surface area contributed by atoms with Gasteiger partial charge in [0.2, 0.25) is 0 Å². The van der Waals surface area contributed by atoms with Crippen LogP contribution in [0.4, 0.5) is 13.2 Å². The third kappa shape index (κ3) is 4.56. The second-order valence-corrected chi connectivity index (χ2v) is 8.76. The van der Waals surface area contributed by atoms with Crippen molar-refractivity contribution < 1.29 is 22.7 Å². The summed E-state index contributed by atoms with van der Waals surface area (Å²) in [5.74, 6) is 1.00. The first-order valence-electron chi connectivity index (χ1n) is 10.8. The number of fused-ring (bicyclic) bond motifs is 2. The SMILES string of the molecule is O=C(N[C@H]1COc2ccc(C(F)(F)F)cc2C1)c1cc2n(n1)CCN(CCC1CC1)C2. The van der Waals surface area contributed by atoms with Crippen molar-refractivity contribution in [2.45, 2.75) is 51.0 Å². The summed E-state index contributed by atoms with van der Waals surface area (Å²) in [7, 11) is 0. The monoisotopic (exact) mass is 434 g/mol. The standard InChI is InChI=1S/C22H25F3N4O2/c23-22(24,25)16-3-4-20-15(9-16)10-17(13-31-20)26-21(30)19-11-18-12-28(6-5-14-1-2-14)7-8-29(18)27-19/h3-4,9,11,14,17H,1-2,5-8,10,12-13H2,(H,26,30)/t17-/m1/s1. The van der Waals surface area contributed by atoms with Crippen molar-refractivity contribution >= 4 is 5.91 Å². The fourth-order valence-electron chi connectivity index (χ4n) is 4.32. The lowest BCUT2D eigenvalue weighted by molar-refractivity contribution is -0.137. The molecule has 1 saturated carbocycles. The molecule has 0 saturated heterocycles. The van der Waals surface area contributed by atoms with Gasteiger partial charge in [-0.3, -0.25) is 14.4 Å². The fourth-order valence-corrected chi connectivity index (χ4v) is 4.32. The van der Waals surface area contributed by atoms with Crippen LogP contribution in [0.15, 0.2) is 24.3 Å². The predicted octanol–water partition coefficient (Wildman–Crippen LogP) is 3.25. The highest BCUT2D eigenvalue weighted by Crippen LogP contribution is 2.34. The molecule has 31 heavy (non-hydrogen) atoms. The van der Waals surface area contributed by atoms with Gasteiger partial charge >= 0.3 is 6.18 Å². The van der Waals surface area contributed by atoms with Gasteiger partial charge in [0.15, 0.2) is 5.69 Å². The molecule has 3 aliphatic rings. The molecule has 6 nitrogen and oxygen atoms in total. The molecule has 1 aromatic heterocycles. The number of halogens is 3. The number of carbonyl (C=O) groups is 1. The molecule has 166 valence electrons. The zero-order valence-electron chi connectivity index (χ0n) is 17.1. The summed E-state index contributed by atoms with van der Waals surface area (Å²) in [6.45, 7) is 3.76. The molecule has 1 amide bonds. The van der Waals surface area contributed by atoms with Crippen LogP contribution in [0.3, 0.4) is 0 Å². The van der Waals surface area contributed by atoms with Crippen LogP contribution in [0.5, 0.6) is 5.75 Å². The van der Waals surface area contributed by atoms with Gasteiger partial charge in [-0.05, 0) is 55.1 Å². The van der Waals surface area contributed by atoms with Gasteiger partial charge in [0.1, 0.15) is 12.4 Å². The van der Waals surface area contributed by atoms with Crippen LogP contribution in [-0.4, -0.2) is 46.3 Å². The van der Waals surface area contributed by atoms with Crippen molar-refractivity contribution in [2.24, 2.45) is 5.92 Å². The van der Waals surface area contributed by atoms with Crippen LogP contribution in [0.25, 0.3) is 0 Å². The van der Waals surface area contributed by atoms with E-state index in [0.29, 0.717) is 17.0 Å². The zero-order chi connectivity index (χ0) is 21.6. The molecular weight excluding hydrogens is 409 g/mol. The van der Waals surface area contributed by atoms with Crippen LogP contribution < -0.4 is 10.1 Å². The predicted molar refractivity (Wildman–Crippen MR) is 107 cm³/mol. The van der Waals surface area contributed by atoms with Crippen LogP contribution in [0.2, 0.25) is 0 Å². The van der Waals surface area contributed by atoms with E-state index in [9.17, 15) is 18.0 Å². The molecule has 9 heteroatoms. The third-order valence-corrected chi connectivity index (χ3v) is 6.29. The van der Waals surface area contributed by atoms with Gasteiger partial charge in [-0.15, -0.1) is 0 Å². The van der Waals surface area contributed by atoms with Crippen LogP contribution in [-0.2, 0) is 25.7 Å². The number of hydrogen-bond donors (Lipinski definition) is 1. The highest BCUT2D eigenvalue weighted by atomic mass is 19.4. The minimum absolute atomic E-state index is 0.215. The minimum Gasteiger partial charge on any atom is -0.491 e. The Morgan fingerprint density at radius 3 is 2.84 bits per heavy atom. The largest absolute Gasteiger partial charge is 0.491 e. The number of nitrogens with zero attached hydrogens (tertiary/aromatic N) is 3. The molecule has 1 N–H and O–H groups in total. The van der Waals surface area contributed by atoms with Gasteiger partial charge in [-0.1, -0.05) is 12.8 Å². The lowest BCUT2D eigenvalue weighted by Gasteiger charge is -2.27. The maximum Gasteiger partial charge on any atom is 0.416 e. The summed E-state index contributed by atoms with van der Waals surface area (Å²) in [6, 6.07) is 4.87. The Hall–Kier alpha value is -2.55. The molecular formula is C22H25F3N4O2. The maximum absolute atomic E-state index is 13.0. The van der Waals surface area contributed by atoms with Gasteiger partial charge in [-0.2, -0.15) is 18.3 Å². The molecule has 0 spiro atoms. The van der Waals surface area contributed by atoms with Crippen molar-refractivity contribution in [3.8, 4) is 5.75 Å². The van der Waals surface area contributed by atoms with Crippen molar-refractivity contribution in [3.05, 3.63) is 46.8 Å². The second kappa shape index (κ2) is 7.85. The van der Waals surface area contributed by atoms with Gasteiger partial charge in [0, 0.05) is 13.1 Å².